The van der Waals surface area contributed by atoms with Gasteiger partial charge in [-0.2, -0.15) is 0 Å². The Morgan fingerprint density at radius 1 is 0.600 bits per heavy atom. The van der Waals surface area contributed by atoms with Crippen LogP contribution in [0.2, 0.25) is 0 Å². The summed E-state index contributed by atoms with van der Waals surface area (Å²) in [5.41, 5.74) is 17.9. The number of amides is 15. The summed E-state index contributed by atoms with van der Waals surface area (Å²) >= 11 is 0. The fourth-order valence-corrected chi connectivity index (χ4v) is 11.8. The van der Waals surface area contributed by atoms with Crippen LogP contribution in [0.15, 0.2) is 30.5 Å². The maximum Gasteiger partial charge on any atom is 0.335 e. The molecule has 638 valence electrons. The lowest BCUT2D eigenvalue weighted by Gasteiger charge is -2.32. The largest absolute Gasteiger partial charge is 0.481 e. The molecule has 15 amide bonds. The minimum Gasteiger partial charge on any atom is -0.481 e. The van der Waals surface area contributed by atoms with E-state index in [4.69, 9.17) is 26.7 Å². The second-order valence-corrected chi connectivity index (χ2v) is 28.2. The molecular weight excluding hydrogens is 1520 g/mol. The van der Waals surface area contributed by atoms with E-state index in [2.05, 4.69) is 77.3 Å². The molecule has 14 atom stereocenters. The Morgan fingerprint density at radius 3 is 1.77 bits per heavy atom. The van der Waals surface area contributed by atoms with Crippen molar-refractivity contribution in [3.05, 3.63) is 36.0 Å². The number of ether oxygens (including phenoxy) is 2. The van der Waals surface area contributed by atoms with Crippen molar-refractivity contribution in [3.63, 3.8) is 0 Å². The number of para-hydroxylation sites is 1. The van der Waals surface area contributed by atoms with Gasteiger partial charge >= 0.3 is 29.8 Å². The third kappa shape index (κ3) is 34.1. The molecule has 0 spiro atoms. The normalized spacial score (nSPS) is 21.7. The quantitative estimate of drug-likeness (QED) is 0.0222. The zero-order valence-electron chi connectivity index (χ0n) is 65.3. The third-order valence-corrected chi connectivity index (χ3v) is 18.4. The number of aromatic nitrogens is 1. The van der Waals surface area contributed by atoms with Gasteiger partial charge in [0, 0.05) is 56.9 Å². The van der Waals surface area contributed by atoms with Gasteiger partial charge in [0.15, 0.2) is 6.10 Å². The number of fused-ring (bicyclic) bond motifs is 1. The molecule has 2 aromatic rings. The summed E-state index contributed by atoms with van der Waals surface area (Å²) in [6.45, 7) is 6.64. The highest BCUT2D eigenvalue weighted by Crippen LogP contribution is 2.21. The predicted octanol–water partition coefficient (Wildman–Crippen LogP) is -5.19. The Bertz CT molecular complexity index is 3820. The summed E-state index contributed by atoms with van der Waals surface area (Å²) in [5.74, 6) is -27.7. The first-order chi connectivity index (χ1) is 54.1. The Labute approximate surface area is 661 Å². The number of likely N-dealkylation sites (N-methyl/N-ethyl adjacent to an activating group) is 1. The van der Waals surface area contributed by atoms with Crippen molar-refractivity contribution >= 4 is 129 Å². The molecule has 115 heavy (non-hydrogen) atoms. The number of nitrogens with zero attached hydrogens (tertiary/aromatic N) is 1. The monoisotopic (exact) mass is 1630 g/mol. The van der Waals surface area contributed by atoms with Crippen molar-refractivity contribution in [3.8, 4) is 0 Å². The number of esters is 1. The summed E-state index contributed by atoms with van der Waals surface area (Å²) in [5, 5.41) is 67.1. The molecule has 1 fully saturated rings. The highest BCUT2D eigenvalue weighted by Gasteiger charge is 2.42. The van der Waals surface area contributed by atoms with Crippen LogP contribution < -0.4 is 81.0 Å². The van der Waals surface area contributed by atoms with Gasteiger partial charge < -0.3 is 121 Å². The lowest BCUT2D eigenvalue weighted by molar-refractivity contribution is -0.159. The van der Waals surface area contributed by atoms with Crippen LogP contribution in [0, 0.1) is 11.8 Å². The summed E-state index contributed by atoms with van der Waals surface area (Å²) in [7, 11) is 1.75. The lowest BCUT2D eigenvalue weighted by atomic mass is 10.00. The van der Waals surface area contributed by atoms with Gasteiger partial charge in [-0.25, -0.2) is 9.59 Å². The molecule has 0 bridgehead atoms. The minimum atomic E-state index is -2.30. The number of benzene rings is 1. The molecule has 1 aliphatic heterocycles. The number of unbranched alkanes of at least 4 members (excludes halogenated alkanes) is 4. The number of H-pyrrole nitrogens is 1. The molecule has 1 aromatic heterocycles. The fourth-order valence-electron chi connectivity index (χ4n) is 11.8. The molecule has 0 aliphatic carbocycles. The van der Waals surface area contributed by atoms with Crippen LogP contribution in [-0.4, -0.2) is 261 Å². The van der Waals surface area contributed by atoms with Gasteiger partial charge in [-0.05, 0) is 82.4 Å². The molecule has 3 rings (SSSR count). The van der Waals surface area contributed by atoms with Gasteiger partial charge in [-0.3, -0.25) is 86.3 Å². The number of nitrogens with one attached hydrogen (secondary N) is 13. The van der Waals surface area contributed by atoms with E-state index in [1.165, 1.54) is 13.8 Å². The molecule has 0 saturated carbocycles. The van der Waals surface area contributed by atoms with Crippen molar-refractivity contribution in [1.29, 1.82) is 0 Å². The summed E-state index contributed by atoms with van der Waals surface area (Å²) < 4.78 is 10.7. The predicted molar refractivity (Wildman–Crippen MR) is 402 cm³/mol. The van der Waals surface area contributed by atoms with E-state index in [0.717, 1.165) is 53.7 Å². The zero-order valence-corrected chi connectivity index (χ0v) is 65.3. The highest BCUT2D eigenvalue weighted by atomic mass is 16.5. The van der Waals surface area contributed by atoms with Crippen LogP contribution in [0.1, 0.15) is 156 Å². The average molecular weight is 1630 g/mol. The zero-order chi connectivity index (χ0) is 86.5. The molecule has 23 N–H and O–H groups in total. The SMILES string of the molecule is CCC(C)CCCCCCC(=O)NC(Cc1c[nH]c2ccccc12)C(=O)NC(CCC(=O)O)C(=O)NC(CC(N)=O)C(=O)NC1C(=O)N(C)CC(=O)NC(C)C(=O)NC(CC(=O)O)C(=O)NC(CCCCN)C(=O)NC(C(OC)C(=O)O)C(=O)NCC(=O)NC(CC(N)=O)C(=O)NC(CCC(=O)O)C(=O)NC(C(C)C)C(=O)OC1C. The van der Waals surface area contributed by atoms with Gasteiger partial charge in [0.05, 0.1) is 32.4 Å². The molecular formula is C72H109N17O26. The molecule has 43 nitrogen and oxygen atoms in total. The van der Waals surface area contributed by atoms with E-state index < -0.39 is 261 Å². The maximum atomic E-state index is 14.9. The van der Waals surface area contributed by atoms with Gasteiger partial charge in [-0.15, -0.1) is 0 Å². The number of hydrogen-bond donors (Lipinski definition) is 20. The highest BCUT2D eigenvalue weighted by molar-refractivity contribution is 6.02. The number of methoxy groups -OCH3 is 1. The van der Waals surface area contributed by atoms with Crippen LogP contribution >= 0.6 is 0 Å². The van der Waals surface area contributed by atoms with Crippen molar-refractivity contribution < 1.29 is 126 Å². The van der Waals surface area contributed by atoms with Gasteiger partial charge in [0.1, 0.15) is 72.6 Å². The van der Waals surface area contributed by atoms with Crippen LogP contribution in [0.25, 0.3) is 10.9 Å². The van der Waals surface area contributed by atoms with Crippen molar-refractivity contribution in [1.82, 2.24) is 73.7 Å². The van der Waals surface area contributed by atoms with E-state index in [9.17, 15) is 116 Å². The molecule has 0 radical (unpaired) electrons. The minimum absolute atomic E-state index is 0.00355. The molecule has 43 heteroatoms. The first-order valence-electron chi connectivity index (χ1n) is 37.4. The Morgan fingerprint density at radius 2 is 1.18 bits per heavy atom. The van der Waals surface area contributed by atoms with Crippen molar-refractivity contribution in [2.24, 2.45) is 29.0 Å². The number of rotatable bonds is 37. The Balaban J connectivity index is 2.23. The van der Waals surface area contributed by atoms with Crippen LogP contribution in [-0.2, 0) is 112 Å². The van der Waals surface area contributed by atoms with E-state index >= 15 is 0 Å². The number of hydrogen-bond acceptors (Lipinski definition) is 23. The molecule has 14 unspecified atom stereocenters. The second kappa shape index (κ2) is 48.9. The van der Waals surface area contributed by atoms with Gasteiger partial charge in [-0.1, -0.05) is 78.0 Å². The van der Waals surface area contributed by atoms with E-state index in [1.807, 2.05) is 5.32 Å². The maximum absolute atomic E-state index is 14.9. The number of carboxylic acid groups (broad SMARTS) is 4. The Kier molecular flexibility index (Phi) is 41.3. The number of primary amides is 2. The number of aromatic amines is 1. The van der Waals surface area contributed by atoms with Crippen molar-refractivity contribution in [2.75, 3.05) is 33.8 Å². The van der Waals surface area contributed by atoms with Crippen molar-refractivity contribution in [2.45, 2.75) is 236 Å². The third-order valence-electron chi connectivity index (χ3n) is 18.4. The van der Waals surface area contributed by atoms with E-state index in [-0.39, 0.29) is 38.6 Å². The topological polar surface area (TPSA) is 682 Å². The number of cyclic esters (lactones) is 1. The Hall–Kier alpha value is -11.9. The summed E-state index contributed by atoms with van der Waals surface area (Å²) in [6, 6.07) is -14.7. The average Bonchev–Trinajstić information content (AvgIpc) is 1.74. The van der Waals surface area contributed by atoms with E-state index in [0.29, 0.717) is 40.1 Å². The van der Waals surface area contributed by atoms with Crippen LogP contribution in [0.5, 0.6) is 0 Å². The number of carboxylic acids is 4. The van der Waals surface area contributed by atoms with Gasteiger partial charge in [0.2, 0.25) is 88.6 Å². The standard InChI is InChI=1S/C72H109N17O26/c1-9-36(4)18-12-10-11-13-22-51(92)79-45(28-39-32-76-41-20-15-14-19-40(39)41)65(105)82-43(23-25-54(95)96)62(102)85-47(30-50(75)91)68(108)87-58-38(6)115-72(113)57(35(2)3)86-64(104)44(24-26-55(97)98)83-66(106)46(29-49(74)90)80-52(93)33-77-69(109)59(60(114-8)71(111)112)88-63(103)42(21-16-17-27-73)81-67(107)48(31-56(99)100)84-61(101)37(5)78-53(94)34-89(7)70(58)110/h14-15,19-20,32,35-38,42-48,57-60,76H,9-13,16-18,21-31,33-34,73H2,1-8H3,(H2,74,90)(H2,75,91)(H,77,109)(H,78,94)(H,79,92)(H,80,93)(H,81,107)(H,82,105)(H,83,106)(H,84,101)(H,85,102)(H,86,104)(H,87,108)(H,88,103)(H,95,96)(H,97,98)(H,99,100)(H,111,112). The second-order valence-electron chi connectivity index (χ2n) is 28.2. The van der Waals surface area contributed by atoms with E-state index in [1.54, 1.807) is 30.5 Å². The number of nitrogens with two attached hydrogens (primary N) is 3. The number of carbonyl (C=O) groups is 20. The fraction of sp³-hybridized carbons (Fsp3) is 0.611. The smallest absolute Gasteiger partial charge is 0.335 e. The van der Waals surface area contributed by atoms with Crippen LogP contribution in [0.4, 0.5) is 0 Å². The van der Waals surface area contributed by atoms with Gasteiger partial charge in [0.25, 0.3) is 0 Å². The lowest BCUT2D eigenvalue weighted by Crippen LogP contribution is -2.62. The molecule has 1 saturated heterocycles. The first-order valence-corrected chi connectivity index (χ1v) is 37.4. The number of aliphatic carboxylic acids is 4. The summed E-state index contributed by atoms with van der Waals surface area (Å²) in [6.07, 6.45) is -4.64. The first kappa shape index (κ1) is 97.3. The molecule has 2 heterocycles. The summed E-state index contributed by atoms with van der Waals surface area (Å²) in [4.78, 5) is 276. The molecule has 1 aliphatic rings. The molecule has 1 aromatic carbocycles. The van der Waals surface area contributed by atoms with Crippen LogP contribution in [0.3, 0.4) is 0 Å². The number of carbonyl (C=O) groups excluding carboxylic acids is 16.